The van der Waals surface area contributed by atoms with E-state index in [-0.39, 0.29) is 11.9 Å². The van der Waals surface area contributed by atoms with Crippen LogP contribution in [0.3, 0.4) is 0 Å². The maximum atomic E-state index is 12.9. The topological polar surface area (TPSA) is 67.2 Å². The maximum Gasteiger partial charge on any atom is 0.228 e. The van der Waals surface area contributed by atoms with Crippen LogP contribution >= 0.6 is 0 Å². The summed E-state index contributed by atoms with van der Waals surface area (Å²) in [5.41, 5.74) is 5.66. The van der Waals surface area contributed by atoms with Crippen LogP contribution in [-0.2, 0) is 31.4 Å². The zero-order valence-electron chi connectivity index (χ0n) is 19.1. The first-order chi connectivity index (χ1) is 15.5. The fourth-order valence-electron chi connectivity index (χ4n) is 4.91. The fourth-order valence-corrected chi connectivity index (χ4v) is 4.91. The lowest BCUT2D eigenvalue weighted by atomic mass is 10.0. The molecule has 32 heavy (non-hydrogen) atoms. The molecular formula is C25H30N6O. The summed E-state index contributed by atoms with van der Waals surface area (Å²) >= 11 is 0. The van der Waals surface area contributed by atoms with Crippen LogP contribution in [0, 0.1) is 13.8 Å². The first kappa shape index (κ1) is 20.8. The van der Waals surface area contributed by atoms with Gasteiger partial charge in [0.1, 0.15) is 11.6 Å². The van der Waals surface area contributed by atoms with Crippen LogP contribution in [-0.4, -0.2) is 37.1 Å². The van der Waals surface area contributed by atoms with Crippen molar-refractivity contribution >= 4 is 11.7 Å². The van der Waals surface area contributed by atoms with Gasteiger partial charge in [0.25, 0.3) is 0 Å². The molecule has 1 fully saturated rings. The standard InChI is InChI=1S/C25H30N6O/c1-17-21-11-12-23(32)31(15-19-8-5-4-6-9-19)25(21)28-24(27-17)22-10-7-13-30(22)16-20-14-26-29(3)18(20)2/h4-6,8-9,14,22H,7,10-13,15-16H2,1-3H3. The number of aromatic nitrogens is 4. The second-order valence-electron chi connectivity index (χ2n) is 8.94. The molecule has 0 bridgehead atoms. The third-order valence-electron chi connectivity index (χ3n) is 6.91. The van der Waals surface area contributed by atoms with Gasteiger partial charge in [0.2, 0.25) is 5.91 Å². The Morgan fingerprint density at radius 2 is 1.88 bits per heavy atom. The van der Waals surface area contributed by atoms with E-state index in [1.807, 2.05) is 41.0 Å². The Balaban J connectivity index is 1.47. The summed E-state index contributed by atoms with van der Waals surface area (Å²) in [4.78, 5) is 27.2. The molecule has 1 unspecified atom stereocenters. The van der Waals surface area contributed by atoms with Gasteiger partial charge in [-0.2, -0.15) is 5.10 Å². The maximum absolute atomic E-state index is 12.9. The van der Waals surface area contributed by atoms with Gasteiger partial charge in [-0.3, -0.25) is 19.3 Å². The molecule has 2 aliphatic heterocycles. The number of amides is 1. The number of hydrogen-bond donors (Lipinski definition) is 0. The first-order valence-electron chi connectivity index (χ1n) is 11.4. The molecule has 1 atom stereocenters. The number of nitrogens with zero attached hydrogens (tertiary/aromatic N) is 6. The molecule has 4 heterocycles. The van der Waals surface area contributed by atoms with Gasteiger partial charge in [0.15, 0.2) is 0 Å². The van der Waals surface area contributed by atoms with Crippen LogP contribution in [0.25, 0.3) is 0 Å². The van der Waals surface area contributed by atoms with Crippen LogP contribution in [0.1, 0.15) is 59.2 Å². The highest BCUT2D eigenvalue weighted by Crippen LogP contribution is 2.36. The van der Waals surface area contributed by atoms with Gasteiger partial charge in [-0.25, -0.2) is 9.97 Å². The second kappa shape index (κ2) is 8.47. The molecule has 0 radical (unpaired) electrons. The minimum absolute atomic E-state index is 0.139. The van der Waals surface area contributed by atoms with Crippen molar-refractivity contribution in [1.29, 1.82) is 0 Å². The molecule has 0 aliphatic carbocycles. The van der Waals surface area contributed by atoms with E-state index < -0.39 is 0 Å². The predicted molar refractivity (Wildman–Crippen MR) is 123 cm³/mol. The van der Waals surface area contributed by atoms with Crippen molar-refractivity contribution in [3.8, 4) is 0 Å². The van der Waals surface area contributed by atoms with Gasteiger partial charge < -0.3 is 0 Å². The Bertz CT molecular complexity index is 1140. The molecule has 0 saturated carbocycles. The van der Waals surface area contributed by atoms with Gasteiger partial charge in [-0.1, -0.05) is 30.3 Å². The second-order valence-corrected chi connectivity index (χ2v) is 8.94. The Kier molecular flexibility index (Phi) is 5.51. The van der Waals surface area contributed by atoms with E-state index in [4.69, 9.17) is 9.97 Å². The first-order valence-corrected chi connectivity index (χ1v) is 11.4. The van der Waals surface area contributed by atoms with E-state index in [1.165, 1.54) is 11.3 Å². The lowest BCUT2D eigenvalue weighted by Gasteiger charge is -2.31. The predicted octanol–water partition coefficient (Wildman–Crippen LogP) is 3.64. The number of carbonyl (C=O) groups excluding carboxylic acids is 1. The van der Waals surface area contributed by atoms with Gasteiger partial charge in [-0.05, 0) is 45.2 Å². The van der Waals surface area contributed by atoms with Crippen molar-refractivity contribution in [2.24, 2.45) is 7.05 Å². The van der Waals surface area contributed by atoms with E-state index in [9.17, 15) is 4.79 Å². The monoisotopic (exact) mass is 430 g/mol. The summed E-state index contributed by atoms with van der Waals surface area (Å²) in [6, 6.07) is 10.3. The van der Waals surface area contributed by atoms with Crippen LogP contribution in [0.15, 0.2) is 36.5 Å². The zero-order chi connectivity index (χ0) is 22.2. The molecule has 2 aliphatic rings. The van der Waals surface area contributed by atoms with Crippen molar-refractivity contribution in [1.82, 2.24) is 24.6 Å². The molecule has 1 aromatic carbocycles. The summed E-state index contributed by atoms with van der Waals surface area (Å²) in [5, 5.41) is 4.40. The van der Waals surface area contributed by atoms with Gasteiger partial charge >= 0.3 is 0 Å². The smallest absolute Gasteiger partial charge is 0.228 e. The summed E-state index contributed by atoms with van der Waals surface area (Å²) in [5.74, 6) is 1.78. The number of benzene rings is 1. The fraction of sp³-hybridized carbons (Fsp3) is 0.440. The average molecular weight is 431 g/mol. The van der Waals surface area contributed by atoms with Crippen LogP contribution in [0.2, 0.25) is 0 Å². The van der Waals surface area contributed by atoms with E-state index in [2.05, 4.69) is 36.0 Å². The van der Waals surface area contributed by atoms with Crippen molar-refractivity contribution in [3.63, 3.8) is 0 Å². The summed E-state index contributed by atoms with van der Waals surface area (Å²) in [6.45, 7) is 6.58. The lowest BCUT2D eigenvalue weighted by Crippen LogP contribution is -2.37. The Morgan fingerprint density at radius 3 is 2.62 bits per heavy atom. The zero-order valence-corrected chi connectivity index (χ0v) is 19.1. The molecule has 0 N–H and O–H groups in total. The Hall–Kier alpha value is -3.06. The quantitative estimate of drug-likeness (QED) is 0.618. The third kappa shape index (κ3) is 3.81. The molecule has 5 rings (SSSR count). The molecular weight excluding hydrogens is 400 g/mol. The minimum Gasteiger partial charge on any atom is -0.292 e. The molecule has 7 nitrogen and oxygen atoms in total. The normalized spacial score (nSPS) is 18.9. The lowest BCUT2D eigenvalue weighted by molar-refractivity contribution is -0.119. The van der Waals surface area contributed by atoms with Crippen LogP contribution < -0.4 is 4.90 Å². The molecule has 0 spiro atoms. The SMILES string of the molecule is Cc1nc(C2CCCN2Cc2cnn(C)c2C)nc2c1CCC(=O)N2Cc1ccccc1. The van der Waals surface area contributed by atoms with E-state index >= 15 is 0 Å². The van der Waals surface area contributed by atoms with Gasteiger partial charge in [0.05, 0.1) is 18.8 Å². The number of rotatable bonds is 5. The van der Waals surface area contributed by atoms with Crippen molar-refractivity contribution < 1.29 is 4.79 Å². The molecule has 1 amide bonds. The number of hydrogen-bond acceptors (Lipinski definition) is 5. The number of anilines is 1. The van der Waals surface area contributed by atoms with Gasteiger partial charge in [0, 0.05) is 42.5 Å². The van der Waals surface area contributed by atoms with Crippen molar-refractivity contribution in [2.45, 2.75) is 58.7 Å². The van der Waals surface area contributed by atoms with E-state index in [0.29, 0.717) is 13.0 Å². The van der Waals surface area contributed by atoms with Crippen LogP contribution in [0.4, 0.5) is 5.82 Å². The molecule has 1 saturated heterocycles. The van der Waals surface area contributed by atoms with Crippen molar-refractivity contribution in [2.75, 3.05) is 11.4 Å². The summed E-state index contributed by atoms with van der Waals surface area (Å²) in [7, 11) is 1.98. The number of likely N-dealkylation sites (tertiary alicyclic amines) is 1. The summed E-state index contributed by atoms with van der Waals surface area (Å²) < 4.78 is 1.92. The average Bonchev–Trinajstić information content (AvgIpc) is 3.38. The molecule has 3 aromatic rings. The Labute approximate surface area is 189 Å². The van der Waals surface area contributed by atoms with Crippen LogP contribution in [0.5, 0.6) is 0 Å². The molecule has 7 heteroatoms. The largest absolute Gasteiger partial charge is 0.292 e. The number of carbonyl (C=O) groups is 1. The van der Waals surface area contributed by atoms with E-state index in [1.54, 1.807) is 0 Å². The minimum atomic E-state index is 0.139. The van der Waals surface area contributed by atoms with Gasteiger partial charge in [-0.15, -0.1) is 0 Å². The number of fused-ring (bicyclic) bond motifs is 1. The molecule has 2 aromatic heterocycles. The van der Waals surface area contributed by atoms with Crippen molar-refractivity contribution in [3.05, 3.63) is 70.4 Å². The van der Waals surface area contributed by atoms with E-state index in [0.717, 1.165) is 60.8 Å². The highest BCUT2D eigenvalue weighted by Gasteiger charge is 2.33. The highest BCUT2D eigenvalue weighted by atomic mass is 16.2. The summed E-state index contributed by atoms with van der Waals surface area (Å²) in [6.07, 6.45) is 5.35. The molecule has 166 valence electrons. The third-order valence-corrected chi connectivity index (χ3v) is 6.91. The highest BCUT2D eigenvalue weighted by molar-refractivity contribution is 5.95. The Morgan fingerprint density at radius 1 is 1.06 bits per heavy atom. The number of aryl methyl sites for hydroxylation is 2.